The maximum absolute atomic E-state index is 8.71. The van der Waals surface area contributed by atoms with Gasteiger partial charge in [-0.15, -0.1) is 0 Å². The highest BCUT2D eigenvalue weighted by Crippen LogP contribution is 2.17. The Balaban J connectivity index is 2.47. The van der Waals surface area contributed by atoms with Crippen LogP contribution < -0.4 is 10.6 Å². The summed E-state index contributed by atoms with van der Waals surface area (Å²) in [6.07, 6.45) is 3.09. The highest BCUT2D eigenvalue weighted by Gasteiger charge is 2.03. The van der Waals surface area contributed by atoms with E-state index in [2.05, 4.69) is 17.9 Å². The minimum absolute atomic E-state index is 0.296. The molecule has 0 saturated heterocycles. The lowest BCUT2D eigenvalue weighted by molar-refractivity contribution is 0.283. The van der Waals surface area contributed by atoms with Crippen molar-refractivity contribution in [3.05, 3.63) is 24.3 Å². The van der Waals surface area contributed by atoms with Crippen molar-refractivity contribution in [2.45, 2.75) is 26.2 Å². The molecule has 3 N–H and O–H groups in total. The van der Waals surface area contributed by atoms with E-state index < -0.39 is 0 Å². The Morgan fingerprint density at radius 2 is 2.06 bits per heavy atom. The van der Waals surface area contributed by atoms with Gasteiger partial charge in [0, 0.05) is 31.1 Å². The Bertz CT molecular complexity index is 302. The van der Waals surface area contributed by atoms with Crippen LogP contribution in [-0.2, 0) is 0 Å². The minimum atomic E-state index is 0.296. The summed E-state index contributed by atoms with van der Waals surface area (Å²) in [6.45, 7) is 4.46. The van der Waals surface area contributed by atoms with Crippen LogP contribution in [0.25, 0.3) is 0 Å². The van der Waals surface area contributed by atoms with Gasteiger partial charge in [0.25, 0.3) is 0 Å². The van der Waals surface area contributed by atoms with Crippen LogP contribution in [0.3, 0.4) is 0 Å². The Morgan fingerprint density at radius 1 is 1.25 bits per heavy atom. The van der Waals surface area contributed by atoms with Crippen LogP contribution in [0, 0.1) is 0 Å². The number of nitrogens with zero attached hydrogens (tertiary/aromatic N) is 1. The first-order valence-electron chi connectivity index (χ1n) is 5.99. The summed E-state index contributed by atoms with van der Waals surface area (Å²) in [4.78, 5) is 2.31. The Kier molecular flexibility index (Phi) is 5.72. The normalized spacial score (nSPS) is 10.4. The van der Waals surface area contributed by atoms with E-state index >= 15 is 0 Å². The third kappa shape index (κ3) is 4.11. The SMILES string of the molecule is CCN(CCCCCO)c1cccc(N)c1. The van der Waals surface area contributed by atoms with E-state index in [1.165, 1.54) is 5.69 Å². The molecule has 0 aromatic heterocycles. The Hall–Kier alpha value is -1.22. The Labute approximate surface area is 97.9 Å². The average Bonchev–Trinajstić information content (AvgIpc) is 2.29. The molecular formula is C13H22N2O. The summed E-state index contributed by atoms with van der Waals surface area (Å²) >= 11 is 0. The molecule has 0 bridgehead atoms. The number of hydrogen-bond donors (Lipinski definition) is 2. The van der Waals surface area contributed by atoms with E-state index in [9.17, 15) is 0 Å². The molecule has 0 radical (unpaired) electrons. The van der Waals surface area contributed by atoms with Gasteiger partial charge in [0.05, 0.1) is 0 Å². The van der Waals surface area contributed by atoms with E-state index in [1.807, 2.05) is 18.2 Å². The quantitative estimate of drug-likeness (QED) is 0.549. The van der Waals surface area contributed by atoms with Gasteiger partial charge < -0.3 is 15.7 Å². The molecule has 0 aliphatic heterocycles. The van der Waals surface area contributed by atoms with Crippen LogP contribution in [0.1, 0.15) is 26.2 Å². The van der Waals surface area contributed by atoms with Gasteiger partial charge in [0.1, 0.15) is 0 Å². The van der Waals surface area contributed by atoms with E-state index in [1.54, 1.807) is 0 Å². The van der Waals surface area contributed by atoms with E-state index in [-0.39, 0.29) is 0 Å². The summed E-state index contributed by atoms with van der Waals surface area (Å²) in [7, 11) is 0. The molecule has 0 atom stereocenters. The number of hydrogen-bond acceptors (Lipinski definition) is 3. The third-order valence-corrected chi connectivity index (χ3v) is 2.70. The average molecular weight is 222 g/mol. The lowest BCUT2D eigenvalue weighted by atomic mass is 10.2. The first kappa shape index (κ1) is 12.8. The van der Waals surface area contributed by atoms with Crippen molar-refractivity contribution in [2.24, 2.45) is 0 Å². The number of aliphatic hydroxyl groups excluding tert-OH is 1. The summed E-state index contributed by atoms with van der Waals surface area (Å²) < 4.78 is 0. The van der Waals surface area contributed by atoms with Gasteiger partial charge in [0.15, 0.2) is 0 Å². The van der Waals surface area contributed by atoms with Gasteiger partial charge in [-0.3, -0.25) is 0 Å². The zero-order chi connectivity index (χ0) is 11.8. The largest absolute Gasteiger partial charge is 0.399 e. The molecule has 0 aliphatic rings. The maximum Gasteiger partial charge on any atom is 0.0431 e. The third-order valence-electron chi connectivity index (χ3n) is 2.70. The zero-order valence-corrected chi connectivity index (χ0v) is 10.0. The minimum Gasteiger partial charge on any atom is -0.399 e. The van der Waals surface area contributed by atoms with Gasteiger partial charge in [-0.2, -0.15) is 0 Å². The molecule has 16 heavy (non-hydrogen) atoms. The van der Waals surface area contributed by atoms with E-state index in [0.717, 1.165) is 38.0 Å². The maximum atomic E-state index is 8.71. The van der Waals surface area contributed by atoms with Crippen LogP contribution in [0.2, 0.25) is 0 Å². The predicted octanol–water partition coefficient (Wildman–Crippen LogP) is 2.26. The number of nitrogen functional groups attached to an aromatic ring is 1. The number of benzene rings is 1. The van der Waals surface area contributed by atoms with Crippen LogP contribution in [0.5, 0.6) is 0 Å². The molecule has 0 saturated carbocycles. The smallest absolute Gasteiger partial charge is 0.0431 e. The summed E-state index contributed by atoms with van der Waals surface area (Å²) in [5, 5.41) is 8.71. The lowest BCUT2D eigenvalue weighted by Crippen LogP contribution is -2.23. The van der Waals surface area contributed by atoms with Gasteiger partial charge in [-0.1, -0.05) is 6.07 Å². The molecule has 0 spiro atoms. The van der Waals surface area contributed by atoms with Gasteiger partial charge in [0.2, 0.25) is 0 Å². The second kappa shape index (κ2) is 7.12. The molecular weight excluding hydrogens is 200 g/mol. The molecule has 0 heterocycles. The monoisotopic (exact) mass is 222 g/mol. The van der Waals surface area contributed by atoms with E-state index in [4.69, 9.17) is 10.8 Å². The molecule has 0 unspecified atom stereocenters. The van der Waals surface area contributed by atoms with Crippen molar-refractivity contribution < 1.29 is 5.11 Å². The number of nitrogens with two attached hydrogens (primary N) is 1. The highest BCUT2D eigenvalue weighted by atomic mass is 16.2. The molecule has 90 valence electrons. The number of anilines is 2. The number of aliphatic hydroxyl groups is 1. The van der Waals surface area contributed by atoms with Crippen LogP contribution >= 0.6 is 0 Å². The Morgan fingerprint density at radius 3 is 2.69 bits per heavy atom. The molecule has 3 nitrogen and oxygen atoms in total. The molecule has 0 amide bonds. The highest BCUT2D eigenvalue weighted by molar-refractivity contribution is 5.55. The second-order valence-electron chi connectivity index (χ2n) is 3.96. The topological polar surface area (TPSA) is 49.5 Å². The molecule has 0 fully saturated rings. The molecule has 0 aliphatic carbocycles. The second-order valence-corrected chi connectivity index (χ2v) is 3.96. The number of unbranched alkanes of at least 4 members (excludes halogenated alkanes) is 2. The van der Waals surface area contributed by atoms with Crippen molar-refractivity contribution >= 4 is 11.4 Å². The van der Waals surface area contributed by atoms with Crippen LogP contribution in [-0.4, -0.2) is 24.8 Å². The first-order valence-corrected chi connectivity index (χ1v) is 5.99. The van der Waals surface area contributed by atoms with Gasteiger partial charge in [-0.05, 0) is 44.4 Å². The van der Waals surface area contributed by atoms with Crippen LogP contribution in [0.4, 0.5) is 11.4 Å². The fourth-order valence-corrected chi connectivity index (χ4v) is 1.78. The van der Waals surface area contributed by atoms with Gasteiger partial charge in [-0.25, -0.2) is 0 Å². The molecule has 1 aromatic carbocycles. The fourth-order valence-electron chi connectivity index (χ4n) is 1.78. The summed E-state index contributed by atoms with van der Waals surface area (Å²) in [5.41, 5.74) is 7.77. The molecule has 1 aromatic rings. The summed E-state index contributed by atoms with van der Waals surface area (Å²) in [5.74, 6) is 0. The van der Waals surface area contributed by atoms with Crippen molar-refractivity contribution in [3.63, 3.8) is 0 Å². The lowest BCUT2D eigenvalue weighted by Gasteiger charge is -2.23. The van der Waals surface area contributed by atoms with Crippen molar-refractivity contribution in [3.8, 4) is 0 Å². The fraction of sp³-hybridized carbons (Fsp3) is 0.538. The zero-order valence-electron chi connectivity index (χ0n) is 10.0. The van der Waals surface area contributed by atoms with Crippen LogP contribution in [0.15, 0.2) is 24.3 Å². The molecule has 3 heteroatoms. The summed E-state index contributed by atoms with van der Waals surface area (Å²) in [6, 6.07) is 7.99. The van der Waals surface area contributed by atoms with Gasteiger partial charge >= 0.3 is 0 Å². The number of rotatable bonds is 7. The van der Waals surface area contributed by atoms with E-state index in [0.29, 0.717) is 6.61 Å². The standard InChI is InChI=1S/C13H22N2O/c1-2-15(9-4-3-5-10-16)13-8-6-7-12(14)11-13/h6-8,11,16H,2-5,9-10,14H2,1H3. The predicted molar refractivity (Wildman–Crippen MR) is 69.7 cm³/mol. The van der Waals surface area contributed by atoms with Crippen molar-refractivity contribution in [1.29, 1.82) is 0 Å². The van der Waals surface area contributed by atoms with Crippen molar-refractivity contribution in [2.75, 3.05) is 30.3 Å². The first-order chi connectivity index (χ1) is 7.77. The molecule has 1 rings (SSSR count). The van der Waals surface area contributed by atoms with Crippen molar-refractivity contribution in [1.82, 2.24) is 0 Å².